The number of nitrogen functional groups attached to an aromatic ring is 1. The molecule has 0 aromatic heterocycles. The lowest BCUT2D eigenvalue weighted by atomic mass is 10.1. The van der Waals surface area contributed by atoms with Crippen molar-refractivity contribution in [1.82, 2.24) is 0 Å². The highest BCUT2D eigenvalue weighted by atomic mass is 16.5. The summed E-state index contributed by atoms with van der Waals surface area (Å²) in [7, 11) is 0. The molecule has 1 aromatic rings. The second-order valence-corrected chi connectivity index (χ2v) is 4.31. The number of nitrogens with two attached hydrogens (primary N) is 1. The van der Waals surface area contributed by atoms with Gasteiger partial charge in [0.1, 0.15) is 5.75 Å². The minimum Gasteiger partial charge on any atom is -0.482 e. The zero-order valence-electron chi connectivity index (χ0n) is 9.72. The molecule has 1 aromatic carbocycles. The lowest BCUT2D eigenvalue weighted by molar-refractivity contribution is -0.121. The number of benzene rings is 1. The van der Waals surface area contributed by atoms with E-state index in [2.05, 4.69) is 0 Å². The van der Waals surface area contributed by atoms with Crippen molar-refractivity contribution in [2.75, 3.05) is 30.4 Å². The Balaban J connectivity index is 2.32. The molecular formula is C12H16N2O3. The summed E-state index contributed by atoms with van der Waals surface area (Å²) >= 11 is 0. The van der Waals surface area contributed by atoms with Gasteiger partial charge >= 0.3 is 0 Å². The summed E-state index contributed by atoms with van der Waals surface area (Å²) in [4.78, 5) is 13.4. The van der Waals surface area contributed by atoms with Gasteiger partial charge in [-0.1, -0.05) is 6.92 Å². The second kappa shape index (κ2) is 4.63. The summed E-state index contributed by atoms with van der Waals surface area (Å²) in [6.07, 6.45) is 0. The Hall–Kier alpha value is -1.75. The molecule has 0 fully saturated rings. The number of ether oxygens (including phenoxy) is 1. The molecule has 0 saturated carbocycles. The summed E-state index contributed by atoms with van der Waals surface area (Å²) in [6.45, 7) is 2.43. The zero-order chi connectivity index (χ0) is 12.4. The van der Waals surface area contributed by atoms with Crippen LogP contribution in [0.15, 0.2) is 18.2 Å². The molecule has 1 atom stereocenters. The summed E-state index contributed by atoms with van der Waals surface area (Å²) in [5, 5.41) is 9.06. The number of carbonyl (C=O) groups excluding carboxylic acids is 1. The molecule has 3 N–H and O–H groups in total. The molecule has 1 aliphatic heterocycles. The van der Waals surface area contributed by atoms with E-state index >= 15 is 0 Å². The molecule has 0 spiro atoms. The second-order valence-electron chi connectivity index (χ2n) is 4.31. The molecule has 0 aliphatic carbocycles. The highest BCUT2D eigenvalue weighted by Gasteiger charge is 2.26. The normalized spacial score (nSPS) is 16.4. The number of amides is 1. The number of hydrogen-bond donors (Lipinski definition) is 2. The largest absolute Gasteiger partial charge is 0.482 e. The van der Waals surface area contributed by atoms with Gasteiger partial charge in [-0.2, -0.15) is 0 Å². The predicted molar refractivity (Wildman–Crippen MR) is 65.0 cm³/mol. The fourth-order valence-corrected chi connectivity index (χ4v) is 1.79. The van der Waals surface area contributed by atoms with Gasteiger partial charge in [0, 0.05) is 18.8 Å². The average Bonchev–Trinajstić information content (AvgIpc) is 2.32. The van der Waals surface area contributed by atoms with E-state index in [0.29, 0.717) is 23.7 Å². The van der Waals surface area contributed by atoms with E-state index < -0.39 is 0 Å². The van der Waals surface area contributed by atoms with E-state index in [9.17, 15) is 4.79 Å². The summed E-state index contributed by atoms with van der Waals surface area (Å²) in [5.74, 6) is 0.568. The Morgan fingerprint density at radius 2 is 2.35 bits per heavy atom. The van der Waals surface area contributed by atoms with Crippen LogP contribution in [0.3, 0.4) is 0 Å². The van der Waals surface area contributed by atoms with Crippen molar-refractivity contribution in [2.24, 2.45) is 5.92 Å². The van der Waals surface area contributed by atoms with Gasteiger partial charge in [-0.05, 0) is 24.1 Å². The number of nitrogens with zero attached hydrogens (tertiary/aromatic N) is 1. The Bertz CT molecular complexity index is 434. The summed E-state index contributed by atoms with van der Waals surface area (Å²) < 4.78 is 5.33. The molecule has 1 heterocycles. The predicted octanol–water partition coefficient (Wildman–Crippen LogP) is 0.623. The van der Waals surface area contributed by atoms with Gasteiger partial charge < -0.3 is 20.5 Å². The van der Waals surface area contributed by atoms with Crippen molar-refractivity contribution in [3.05, 3.63) is 18.2 Å². The van der Waals surface area contributed by atoms with Crippen LogP contribution in [0, 0.1) is 5.92 Å². The van der Waals surface area contributed by atoms with Crippen molar-refractivity contribution >= 4 is 17.3 Å². The number of aliphatic hydroxyl groups excluding tert-OH is 1. The molecule has 0 bridgehead atoms. The van der Waals surface area contributed by atoms with Crippen molar-refractivity contribution in [2.45, 2.75) is 6.92 Å². The van der Waals surface area contributed by atoms with Gasteiger partial charge in [0.15, 0.2) is 6.61 Å². The first-order chi connectivity index (χ1) is 8.11. The quantitative estimate of drug-likeness (QED) is 0.754. The van der Waals surface area contributed by atoms with Gasteiger partial charge in [-0.15, -0.1) is 0 Å². The molecule has 0 saturated heterocycles. The first-order valence-corrected chi connectivity index (χ1v) is 5.55. The first-order valence-electron chi connectivity index (χ1n) is 5.55. The van der Waals surface area contributed by atoms with Gasteiger partial charge in [0.05, 0.1) is 5.69 Å². The molecule has 1 amide bonds. The smallest absolute Gasteiger partial charge is 0.265 e. The lowest BCUT2D eigenvalue weighted by Gasteiger charge is -2.31. The van der Waals surface area contributed by atoms with Crippen molar-refractivity contribution in [3.63, 3.8) is 0 Å². The number of hydrogen-bond acceptors (Lipinski definition) is 4. The maximum Gasteiger partial charge on any atom is 0.265 e. The van der Waals surface area contributed by atoms with E-state index in [1.165, 1.54) is 0 Å². The molecule has 5 nitrogen and oxygen atoms in total. The zero-order valence-corrected chi connectivity index (χ0v) is 9.72. The van der Waals surface area contributed by atoms with Crippen LogP contribution < -0.4 is 15.4 Å². The van der Waals surface area contributed by atoms with E-state index in [1.54, 1.807) is 23.1 Å². The number of aliphatic hydroxyl groups is 1. The molecule has 2 rings (SSSR count). The highest BCUT2D eigenvalue weighted by Crippen LogP contribution is 2.34. The van der Waals surface area contributed by atoms with Crippen LogP contribution in [0.2, 0.25) is 0 Å². The third-order valence-electron chi connectivity index (χ3n) is 2.73. The summed E-state index contributed by atoms with van der Waals surface area (Å²) in [6, 6.07) is 5.21. The maximum absolute atomic E-state index is 11.8. The molecule has 0 radical (unpaired) electrons. The highest BCUT2D eigenvalue weighted by molar-refractivity contribution is 5.98. The van der Waals surface area contributed by atoms with E-state index in [0.717, 1.165) is 0 Å². The number of rotatable bonds is 3. The van der Waals surface area contributed by atoms with Crippen LogP contribution in [0.25, 0.3) is 0 Å². The van der Waals surface area contributed by atoms with Crippen molar-refractivity contribution < 1.29 is 14.6 Å². The van der Waals surface area contributed by atoms with Crippen LogP contribution in [-0.4, -0.2) is 30.8 Å². The van der Waals surface area contributed by atoms with Crippen LogP contribution in [0.4, 0.5) is 11.4 Å². The molecule has 5 heteroatoms. The van der Waals surface area contributed by atoms with E-state index in [1.807, 2.05) is 6.92 Å². The number of carbonyl (C=O) groups is 1. The Labute approximate surface area is 99.8 Å². The first kappa shape index (κ1) is 11.7. The molecule has 1 aliphatic rings. The minimum atomic E-state index is -0.108. The van der Waals surface area contributed by atoms with Crippen molar-refractivity contribution in [3.8, 4) is 5.75 Å². The van der Waals surface area contributed by atoms with Crippen LogP contribution in [-0.2, 0) is 4.79 Å². The molecule has 92 valence electrons. The van der Waals surface area contributed by atoms with Gasteiger partial charge in [-0.25, -0.2) is 0 Å². The fourth-order valence-electron chi connectivity index (χ4n) is 1.79. The topological polar surface area (TPSA) is 75.8 Å². The Morgan fingerprint density at radius 3 is 3.06 bits per heavy atom. The number of fused-ring (bicyclic) bond motifs is 1. The fraction of sp³-hybridized carbons (Fsp3) is 0.417. The lowest BCUT2D eigenvalue weighted by Crippen LogP contribution is -2.41. The third kappa shape index (κ3) is 2.34. The molecular weight excluding hydrogens is 220 g/mol. The minimum absolute atomic E-state index is 0.0198. The SMILES string of the molecule is CC(CO)CN1C(=O)COc2ccc(N)cc21. The number of anilines is 2. The molecule has 17 heavy (non-hydrogen) atoms. The van der Waals surface area contributed by atoms with Crippen LogP contribution >= 0.6 is 0 Å². The maximum atomic E-state index is 11.8. The van der Waals surface area contributed by atoms with Crippen LogP contribution in [0.1, 0.15) is 6.92 Å². The standard InChI is InChI=1S/C12H16N2O3/c1-8(6-15)5-14-10-4-9(13)2-3-11(10)17-7-12(14)16/h2-4,8,15H,5-7,13H2,1H3. The van der Waals surface area contributed by atoms with E-state index in [4.69, 9.17) is 15.6 Å². The third-order valence-corrected chi connectivity index (χ3v) is 2.73. The van der Waals surface area contributed by atoms with Gasteiger partial charge in [-0.3, -0.25) is 4.79 Å². The van der Waals surface area contributed by atoms with Gasteiger partial charge in [0.2, 0.25) is 0 Å². The summed E-state index contributed by atoms with van der Waals surface area (Å²) in [5.41, 5.74) is 6.98. The van der Waals surface area contributed by atoms with E-state index in [-0.39, 0.29) is 25.0 Å². The van der Waals surface area contributed by atoms with Crippen LogP contribution in [0.5, 0.6) is 5.75 Å². The Kier molecular flexibility index (Phi) is 3.19. The monoisotopic (exact) mass is 236 g/mol. The molecule has 1 unspecified atom stereocenters. The van der Waals surface area contributed by atoms with Crippen molar-refractivity contribution in [1.29, 1.82) is 0 Å². The Morgan fingerprint density at radius 1 is 1.59 bits per heavy atom. The van der Waals surface area contributed by atoms with Gasteiger partial charge in [0.25, 0.3) is 5.91 Å². The average molecular weight is 236 g/mol.